The van der Waals surface area contributed by atoms with Gasteiger partial charge in [-0.05, 0) is 145 Å². The van der Waals surface area contributed by atoms with Gasteiger partial charge in [0.2, 0.25) is 0 Å². The zero-order valence-electron chi connectivity index (χ0n) is 35.2. The number of ether oxygens (including phenoxy) is 2. The van der Waals surface area contributed by atoms with Crippen molar-refractivity contribution in [2.45, 2.75) is 91.1 Å². The summed E-state index contributed by atoms with van der Waals surface area (Å²) in [6.45, 7) is 7.36. The Morgan fingerprint density at radius 3 is 1.95 bits per heavy atom. The van der Waals surface area contributed by atoms with E-state index in [2.05, 4.69) is 106 Å². The number of benzene rings is 4. The highest BCUT2D eigenvalue weighted by Crippen LogP contribution is 2.69. The van der Waals surface area contributed by atoms with Crippen LogP contribution in [0.2, 0.25) is 0 Å². The van der Waals surface area contributed by atoms with E-state index in [4.69, 9.17) is 22.4 Å². The first kappa shape index (κ1) is 40.1. The Kier molecular flexibility index (Phi) is 11.1. The molecule has 5 aromatic rings. The molecule has 0 spiro atoms. The molecule has 4 saturated carbocycles. The molecule has 0 radical (unpaired) electrons. The van der Waals surface area contributed by atoms with Gasteiger partial charge in [0.25, 0.3) is 0 Å². The second-order valence-corrected chi connectivity index (χ2v) is 19.7. The molecular weight excluding hydrogens is 756 g/mol. The molecular formula is C51H59O7P. The Morgan fingerprint density at radius 1 is 0.729 bits per heavy atom. The molecule has 0 unspecified atom stereocenters. The lowest BCUT2D eigenvalue weighted by Crippen LogP contribution is -2.60. The number of esters is 2. The van der Waals surface area contributed by atoms with Crippen molar-refractivity contribution in [3.8, 4) is 22.3 Å². The molecule has 0 saturated heterocycles. The number of fused-ring (bicyclic) bond motifs is 8. The molecule has 59 heavy (non-hydrogen) atoms. The average Bonchev–Trinajstić information content (AvgIpc) is 3.56. The molecule has 1 heterocycles. The molecule has 0 N–H and O–H groups in total. The summed E-state index contributed by atoms with van der Waals surface area (Å²) in [6.07, 6.45) is 9.49. The summed E-state index contributed by atoms with van der Waals surface area (Å²) >= 11 is 0. The van der Waals surface area contributed by atoms with Crippen LogP contribution in [0.4, 0.5) is 0 Å². The minimum atomic E-state index is -1.85. The van der Waals surface area contributed by atoms with Crippen LogP contribution in [0, 0.1) is 52.3 Å². The molecule has 4 aliphatic carbocycles. The predicted octanol–water partition coefficient (Wildman–Crippen LogP) is 13.1. The van der Waals surface area contributed by atoms with Crippen LogP contribution in [0.15, 0.2) is 105 Å². The Labute approximate surface area is 349 Å². The first-order valence-electron chi connectivity index (χ1n) is 22.0. The fourth-order valence-corrected chi connectivity index (χ4v) is 14.2. The number of carbonyl (C=O) groups is 2. The van der Waals surface area contributed by atoms with E-state index < -0.39 is 8.24 Å². The van der Waals surface area contributed by atoms with Gasteiger partial charge in [0, 0.05) is 22.6 Å². The number of hydrogen-bond acceptors (Lipinski definition) is 7. The molecule has 7 nitrogen and oxygen atoms in total. The Bertz CT molecular complexity index is 2260. The summed E-state index contributed by atoms with van der Waals surface area (Å²) in [5.41, 5.74) is 6.01. The van der Waals surface area contributed by atoms with E-state index in [9.17, 15) is 9.59 Å². The van der Waals surface area contributed by atoms with Gasteiger partial charge in [-0.25, -0.2) is 0 Å². The second kappa shape index (κ2) is 16.3. The van der Waals surface area contributed by atoms with E-state index in [1.165, 1.54) is 20.6 Å². The number of hydrogen-bond donors (Lipinski definition) is 0. The zero-order valence-corrected chi connectivity index (χ0v) is 36.1. The highest BCUT2D eigenvalue weighted by atomic mass is 31.1. The van der Waals surface area contributed by atoms with Crippen molar-refractivity contribution >= 4 is 42.1 Å². The van der Waals surface area contributed by atoms with Crippen LogP contribution in [0.3, 0.4) is 0 Å². The maximum atomic E-state index is 12.8. The van der Waals surface area contributed by atoms with Gasteiger partial charge >= 0.3 is 20.2 Å². The largest absolute Gasteiger partial charge is 0.469 e. The lowest BCUT2D eigenvalue weighted by molar-refractivity contribution is -0.167. The Hall–Kier alpha value is -4.32. The molecule has 4 fully saturated rings. The fraction of sp³-hybridized carbons (Fsp3) is 0.490. The van der Waals surface area contributed by atoms with E-state index >= 15 is 0 Å². The third-order valence-electron chi connectivity index (χ3n) is 16.1. The summed E-state index contributed by atoms with van der Waals surface area (Å²) in [5.74, 6) is 2.52. The van der Waals surface area contributed by atoms with E-state index in [-0.39, 0.29) is 34.8 Å². The highest BCUT2D eigenvalue weighted by molar-refractivity contribution is 7.31. The van der Waals surface area contributed by atoms with Crippen molar-refractivity contribution in [2.75, 3.05) is 14.2 Å². The van der Waals surface area contributed by atoms with Crippen LogP contribution >= 0.6 is 8.24 Å². The molecule has 0 amide bonds. The second-order valence-electron chi connectivity index (χ2n) is 18.7. The molecule has 9 rings (SSSR count). The fourth-order valence-electron chi connectivity index (χ4n) is 12.9. The topological polar surface area (TPSA) is 88.1 Å². The van der Waals surface area contributed by atoms with Gasteiger partial charge in [-0.3, -0.25) is 14.1 Å². The number of carbonyl (C=O) groups excluding carboxylic acids is 2. The van der Waals surface area contributed by atoms with Crippen molar-refractivity contribution in [3.05, 3.63) is 97.1 Å². The lowest BCUT2D eigenvalue weighted by Gasteiger charge is -2.62. The lowest BCUT2D eigenvalue weighted by atomic mass is 9.43. The summed E-state index contributed by atoms with van der Waals surface area (Å²) < 4.78 is 31.8. The molecule has 310 valence electrons. The highest BCUT2D eigenvalue weighted by Gasteiger charge is 2.65. The van der Waals surface area contributed by atoms with Crippen LogP contribution in [0.5, 0.6) is 0 Å². The first-order chi connectivity index (χ1) is 28.6. The van der Waals surface area contributed by atoms with E-state index in [0.29, 0.717) is 41.9 Å². The molecule has 1 aromatic heterocycles. The quantitative estimate of drug-likeness (QED) is 0.137. The average molecular weight is 815 g/mol. The van der Waals surface area contributed by atoms with Crippen LogP contribution in [-0.4, -0.2) is 32.3 Å². The Morgan fingerprint density at radius 2 is 1.36 bits per heavy atom. The standard InChI is InChI=1S/C51H59O7P/c1-32(16-25-48(52)54-4)42-21-22-43-39-20-19-38-28-37(49(53)55-5)26-27-50(38,2)44(39)31-47(51(42,43)3)58-59-56-45-23-17-35(33-12-8-6-9-13-33)29-40(45)41-30-36(18-24-46(41)57-59)34-14-10-7-11-15-34/h6-15,17-18,23-24,29-30,32,37-39,42-44,47H,16,19-22,25-28,31H2,1-5H3/t32-,37-,38-,39+,42-,43+,44+,47+,50+,51-/m1/s1. The molecule has 4 aromatic carbocycles. The molecule has 4 aliphatic rings. The summed E-state index contributed by atoms with van der Waals surface area (Å²) in [5, 5.41) is 1.97. The van der Waals surface area contributed by atoms with Crippen LogP contribution < -0.4 is 4.52 Å². The van der Waals surface area contributed by atoms with Gasteiger partial charge in [0.05, 0.1) is 26.2 Å². The molecule has 10 atom stereocenters. The summed E-state index contributed by atoms with van der Waals surface area (Å²) in [6, 6.07) is 33.9. The van der Waals surface area contributed by atoms with Crippen LogP contribution in [0.1, 0.15) is 85.0 Å². The Balaban J connectivity index is 1.15. The normalized spacial score (nSPS) is 30.5. The van der Waals surface area contributed by atoms with Gasteiger partial charge in [0.1, 0.15) is 11.2 Å². The number of rotatable bonds is 9. The minimum Gasteiger partial charge on any atom is -0.469 e. The maximum Gasteiger partial charge on any atom is 0.387 e. The number of methoxy groups -OCH3 is 2. The monoisotopic (exact) mass is 814 g/mol. The zero-order chi connectivity index (χ0) is 40.9. The van der Waals surface area contributed by atoms with Crippen molar-refractivity contribution in [2.24, 2.45) is 52.3 Å². The SMILES string of the molecule is COC(=O)CC[C@@H](C)[C@H]1CC[C@H]2[C@@H]3CC[C@@H]4C[C@H](C(=O)OC)CC[C@]4(C)[C@H]3C[C@H](Op3oc4ccc(-c5ccccc5)cc4c4cc(-c5ccccc5)ccc4o3)[C@]12C. The molecule has 0 bridgehead atoms. The van der Waals surface area contributed by atoms with Crippen LogP contribution in [-0.2, 0) is 19.1 Å². The predicted molar refractivity (Wildman–Crippen MR) is 234 cm³/mol. The first-order valence-corrected chi connectivity index (χ1v) is 23.1. The van der Waals surface area contributed by atoms with E-state index in [0.717, 1.165) is 95.6 Å². The van der Waals surface area contributed by atoms with Crippen LogP contribution in [0.25, 0.3) is 44.2 Å². The summed E-state index contributed by atoms with van der Waals surface area (Å²) in [7, 11) is 1.16. The molecule has 0 aliphatic heterocycles. The van der Waals surface area contributed by atoms with Gasteiger partial charge in [-0.15, -0.1) is 0 Å². The minimum absolute atomic E-state index is 0.0109. The van der Waals surface area contributed by atoms with E-state index in [1.807, 2.05) is 12.1 Å². The third-order valence-corrected chi connectivity index (χ3v) is 17.2. The van der Waals surface area contributed by atoms with Crippen molar-refractivity contribution in [1.82, 2.24) is 0 Å². The van der Waals surface area contributed by atoms with Gasteiger partial charge < -0.3 is 17.9 Å². The van der Waals surface area contributed by atoms with Gasteiger partial charge in [-0.1, -0.05) is 93.6 Å². The molecule has 8 heteroatoms. The summed E-state index contributed by atoms with van der Waals surface area (Å²) in [4.78, 5) is 25.2. The van der Waals surface area contributed by atoms with Crippen molar-refractivity contribution < 1.29 is 32.0 Å². The van der Waals surface area contributed by atoms with Crippen molar-refractivity contribution in [3.63, 3.8) is 0 Å². The third kappa shape index (κ3) is 7.24. The van der Waals surface area contributed by atoms with Gasteiger partial charge in [-0.2, -0.15) is 0 Å². The van der Waals surface area contributed by atoms with Crippen molar-refractivity contribution in [1.29, 1.82) is 0 Å². The van der Waals surface area contributed by atoms with E-state index in [1.54, 1.807) is 0 Å². The van der Waals surface area contributed by atoms with Gasteiger partial charge in [0.15, 0.2) is 0 Å². The maximum absolute atomic E-state index is 12.8. The smallest absolute Gasteiger partial charge is 0.387 e.